The number of aryl methyl sites for hydroxylation is 2. The number of aliphatic hydroxyl groups excluding tert-OH is 1. The molecule has 24 heavy (non-hydrogen) atoms. The van der Waals surface area contributed by atoms with Gasteiger partial charge in [-0.25, -0.2) is 0 Å². The van der Waals surface area contributed by atoms with Gasteiger partial charge in [0.25, 0.3) is 0 Å². The van der Waals surface area contributed by atoms with E-state index in [-0.39, 0.29) is 0 Å². The summed E-state index contributed by atoms with van der Waals surface area (Å²) in [6.45, 7) is 3.28. The first kappa shape index (κ1) is 17.0. The molecule has 3 rings (SSSR count). The Hall–Kier alpha value is -1.84. The third kappa shape index (κ3) is 5.08. The van der Waals surface area contributed by atoms with Gasteiger partial charge in [-0.2, -0.15) is 0 Å². The van der Waals surface area contributed by atoms with Gasteiger partial charge < -0.3 is 14.7 Å². The number of ether oxygens (including phenoxy) is 1. The number of hydrogen-bond donors (Lipinski definition) is 1. The molecule has 0 radical (unpaired) electrons. The second-order valence-electron chi connectivity index (χ2n) is 6.57. The first-order valence-electron chi connectivity index (χ1n) is 8.96. The molecular formula is C21H27NO2. The summed E-state index contributed by atoms with van der Waals surface area (Å²) in [5.41, 5.74) is 2.54. The molecule has 1 heterocycles. The number of rotatable bonds is 8. The Balaban J connectivity index is 1.51. The lowest BCUT2D eigenvalue weighted by Gasteiger charge is -2.20. The Labute approximate surface area is 144 Å². The molecule has 0 spiro atoms. The summed E-state index contributed by atoms with van der Waals surface area (Å²) in [5, 5.41) is 10.2. The lowest BCUT2D eigenvalue weighted by atomic mass is 10.0. The molecule has 2 aromatic rings. The zero-order valence-electron chi connectivity index (χ0n) is 14.2. The predicted molar refractivity (Wildman–Crippen MR) is 97.5 cm³/mol. The minimum atomic E-state index is -0.426. The summed E-state index contributed by atoms with van der Waals surface area (Å²) in [7, 11) is 0. The van der Waals surface area contributed by atoms with Crippen LogP contribution in [-0.2, 0) is 12.8 Å². The molecule has 1 saturated heterocycles. The molecule has 1 atom stereocenters. The third-order valence-electron chi connectivity index (χ3n) is 4.60. The highest BCUT2D eigenvalue weighted by molar-refractivity contribution is 5.34. The maximum absolute atomic E-state index is 10.2. The Kier molecular flexibility index (Phi) is 6.27. The molecule has 128 valence electrons. The Morgan fingerprint density at radius 2 is 1.62 bits per heavy atom. The molecule has 1 aliphatic rings. The Bertz CT molecular complexity index is 608. The maximum atomic E-state index is 10.2. The molecule has 2 aromatic carbocycles. The van der Waals surface area contributed by atoms with Crippen molar-refractivity contribution in [1.29, 1.82) is 0 Å². The van der Waals surface area contributed by atoms with Crippen LogP contribution in [0.15, 0.2) is 54.6 Å². The van der Waals surface area contributed by atoms with Crippen LogP contribution in [-0.4, -0.2) is 42.4 Å². The second-order valence-corrected chi connectivity index (χ2v) is 6.57. The molecule has 0 aromatic heterocycles. The van der Waals surface area contributed by atoms with Gasteiger partial charge in [-0.3, -0.25) is 0 Å². The number of aliphatic hydroxyl groups is 1. The first-order valence-corrected chi connectivity index (χ1v) is 8.96. The van der Waals surface area contributed by atoms with Crippen LogP contribution in [0.1, 0.15) is 24.0 Å². The summed E-state index contributed by atoms with van der Waals surface area (Å²) in [5.74, 6) is 0.897. The van der Waals surface area contributed by atoms with Gasteiger partial charge in [0.05, 0.1) is 0 Å². The number of benzene rings is 2. The van der Waals surface area contributed by atoms with E-state index in [1.807, 2.05) is 24.3 Å². The summed E-state index contributed by atoms with van der Waals surface area (Å²) < 4.78 is 5.92. The van der Waals surface area contributed by atoms with E-state index < -0.39 is 6.10 Å². The van der Waals surface area contributed by atoms with E-state index in [2.05, 4.69) is 35.2 Å². The smallest absolute Gasteiger partial charge is 0.122 e. The van der Waals surface area contributed by atoms with Crippen molar-refractivity contribution in [2.45, 2.75) is 31.8 Å². The van der Waals surface area contributed by atoms with E-state index in [9.17, 15) is 5.11 Å². The molecule has 1 fully saturated rings. The van der Waals surface area contributed by atoms with E-state index in [4.69, 9.17) is 4.74 Å². The van der Waals surface area contributed by atoms with Crippen molar-refractivity contribution in [3.8, 4) is 5.75 Å². The predicted octanol–water partition coefficient (Wildman–Crippen LogP) is 3.31. The highest BCUT2D eigenvalue weighted by Crippen LogP contribution is 2.20. The minimum absolute atomic E-state index is 0.360. The van der Waals surface area contributed by atoms with Gasteiger partial charge in [-0.1, -0.05) is 48.5 Å². The summed E-state index contributed by atoms with van der Waals surface area (Å²) in [6, 6.07) is 18.7. The van der Waals surface area contributed by atoms with Crippen molar-refractivity contribution in [3.63, 3.8) is 0 Å². The highest BCUT2D eigenvalue weighted by atomic mass is 16.5. The number of hydrogen-bond acceptors (Lipinski definition) is 3. The number of nitrogens with zero attached hydrogens (tertiary/aromatic N) is 1. The molecular weight excluding hydrogens is 298 g/mol. The highest BCUT2D eigenvalue weighted by Gasteiger charge is 2.16. The largest absolute Gasteiger partial charge is 0.491 e. The van der Waals surface area contributed by atoms with Gasteiger partial charge in [-0.05, 0) is 56.0 Å². The molecule has 3 heteroatoms. The third-order valence-corrected chi connectivity index (χ3v) is 4.60. The lowest BCUT2D eigenvalue weighted by molar-refractivity contribution is 0.0754. The SMILES string of the molecule is OC(COc1ccccc1CCc1ccccc1)CN1CCCC1. The van der Waals surface area contributed by atoms with Crippen molar-refractivity contribution in [2.75, 3.05) is 26.2 Å². The normalized spacial score (nSPS) is 16.2. The Morgan fingerprint density at radius 1 is 0.917 bits per heavy atom. The van der Waals surface area contributed by atoms with Crippen LogP contribution in [0.5, 0.6) is 5.75 Å². The van der Waals surface area contributed by atoms with E-state index in [1.165, 1.54) is 24.0 Å². The van der Waals surface area contributed by atoms with Crippen molar-refractivity contribution < 1.29 is 9.84 Å². The van der Waals surface area contributed by atoms with Gasteiger partial charge in [0.15, 0.2) is 0 Å². The zero-order valence-corrected chi connectivity index (χ0v) is 14.2. The summed E-state index contributed by atoms with van der Waals surface area (Å²) >= 11 is 0. The van der Waals surface area contributed by atoms with Crippen molar-refractivity contribution in [2.24, 2.45) is 0 Å². The van der Waals surface area contributed by atoms with Gasteiger partial charge in [0, 0.05) is 6.54 Å². The molecule has 0 aliphatic carbocycles. The molecule has 1 aliphatic heterocycles. The summed E-state index contributed by atoms with van der Waals surface area (Å²) in [6.07, 6.45) is 4.01. The Morgan fingerprint density at radius 3 is 2.42 bits per heavy atom. The van der Waals surface area contributed by atoms with Crippen LogP contribution in [0.2, 0.25) is 0 Å². The zero-order chi connectivity index (χ0) is 16.6. The van der Waals surface area contributed by atoms with Gasteiger partial charge in [0.2, 0.25) is 0 Å². The number of para-hydroxylation sites is 1. The molecule has 3 nitrogen and oxygen atoms in total. The van der Waals surface area contributed by atoms with Gasteiger partial charge in [0.1, 0.15) is 18.5 Å². The lowest BCUT2D eigenvalue weighted by Crippen LogP contribution is -2.33. The number of likely N-dealkylation sites (tertiary alicyclic amines) is 1. The molecule has 1 unspecified atom stereocenters. The standard InChI is InChI=1S/C21H27NO2/c23-20(16-22-14-6-7-15-22)17-24-21-11-5-4-10-19(21)13-12-18-8-2-1-3-9-18/h1-5,8-11,20,23H,6-7,12-17H2. The molecule has 0 bridgehead atoms. The van der Waals surface area contributed by atoms with E-state index in [1.54, 1.807) is 0 Å². The number of β-amino-alcohol motifs (C(OH)–C–C–N with tert-alkyl or cyclic N) is 1. The van der Waals surface area contributed by atoms with Crippen LogP contribution < -0.4 is 4.74 Å². The fraction of sp³-hybridized carbons (Fsp3) is 0.429. The average Bonchev–Trinajstić information content (AvgIpc) is 3.13. The van der Waals surface area contributed by atoms with E-state index >= 15 is 0 Å². The van der Waals surface area contributed by atoms with Crippen LogP contribution in [0, 0.1) is 0 Å². The summed E-state index contributed by atoms with van der Waals surface area (Å²) in [4.78, 5) is 2.31. The monoisotopic (exact) mass is 325 g/mol. The van der Waals surface area contributed by atoms with Crippen LogP contribution in [0.3, 0.4) is 0 Å². The maximum Gasteiger partial charge on any atom is 0.122 e. The molecule has 0 saturated carbocycles. The van der Waals surface area contributed by atoms with Crippen molar-refractivity contribution in [3.05, 3.63) is 65.7 Å². The van der Waals surface area contributed by atoms with Crippen molar-refractivity contribution >= 4 is 0 Å². The van der Waals surface area contributed by atoms with Crippen LogP contribution in [0.4, 0.5) is 0 Å². The minimum Gasteiger partial charge on any atom is -0.491 e. The fourth-order valence-electron chi connectivity index (χ4n) is 3.28. The topological polar surface area (TPSA) is 32.7 Å². The van der Waals surface area contributed by atoms with Crippen molar-refractivity contribution in [1.82, 2.24) is 4.90 Å². The van der Waals surface area contributed by atoms with E-state index in [0.717, 1.165) is 31.7 Å². The van der Waals surface area contributed by atoms with Crippen LogP contribution in [0.25, 0.3) is 0 Å². The average molecular weight is 325 g/mol. The quantitative estimate of drug-likeness (QED) is 0.808. The second kappa shape index (κ2) is 8.86. The van der Waals surface area contributed by atoms with Crippen LogP contribution >= 0.6 is 0 Å². The van der Waals surface area contributed by atoms with E-state index in [0.29, 0.717) is 13.2 Å². The molecule has 1 N–H and O–H groups in total. The molecule has 0 amide bonds. The first-order chi connectivity index (χ1) is 11.8. The van der Waals surface area contributed by atoms with Gasteiger partial charge >= 0.3 is 0 Å². The fourth-order valence-corrected chi connectivity index (χ4v) is 3.28. The van der Waals surface area contributed by atoms with Gasteiger partial charge in [-0.15, -0.1) is 0 Å².